The minimum Gasteiger partial charge on any atom is -0.369 e. The largest absolute Gasteiger partial charge is 0.369 e. The summed E-state index contributed by atoms with van der Waals surface area (Å²) >= 11 is 4.02. The molecular formula is C21H19N5O3S3. The van der Waals surface area contributed by atoms with Crippen LogP contribution >= 0.6 is 34.4 Å². The van der Waals surface area contributed by atoms with Crippen molar-refractivity contribution in [3.8, 4) is 11.1 Å². The molecule has 164 valence electrons. The van der Waals surface area contributed by atoms with Crippen molar-refractivity contribution in [3.63, 3.8) is 0 Å². The number of anilines is 1. The lowest BCUT2D eigenvalue weighted by Gasteiger charge is -2.10. The van der Waals surface area contributed by atoms with Crippen LogP contribution in [0.25, 0.3) is 21.3 Å². The first-order valence-electron chi connectivity index (χ1n) is 9.61. The van der Waals surface area contributed by atoms with Gasteiger partial charge in [0.1, 0.15) is 10.7 Å². The molecule has 0 aliphatic rings. The van der Waals surface area contributed by atoms with Gasteiger partial charge in [0, 0.05) is 16.3 Å². The van der Waals surface area contributed by atoms with Crippen LogP contribution in [0.1, 0.15) is 18.4 Å². The summed E-state index contributed by atoms with van der Waals surface area (Å²) in [7, 11) is 0. The molecule has 3 heterocycles. The van der Waals surface area contributed by atoms with Crippen LogP contribution in [0, 0.1) is 0 Å². The highest BCUT2D eigenvalue weighted by Crippen LogP contribution is 2.31. The number of thiazole rings is 1. The molecule has 4 aromatic rings. The summed E-state index contributed by atoms with van der Waals surface area (Å²) in [4.78, 5) is 48.5. The molecule has 0 fully saturated rings. The number of rotatable bonds is 8. The first kappa shape index (κ1) is 22.2. The third-order valence-corrected chi connectivity index (χ3v) is 7.39. The number of fused-ring (bicyclic) bond motifs is 1. The fourth-order valence-electron chi connectivity index (χ4n) is 3.00. The maximum atomic E-state index is 12.7. The molecule has 1 unspecified atom stereocenters. The zero-order chi connectivity index (χ0) is 22.7. The van der Waals surface area contributed by atoms with E-state index >= 15 is 0 Å². The normalized spacial score (nSPS) is 12.0. The molecule has 1 atom stereocenters. The average molecular weight is 486 g/mol. The highest BCUT2D eigenvalue weighted by atomic mass is 32.2. The van der Waals surface area contributed by atoms with Crippen LogP contribution in [0.2, 0.25) is 0 Å². The number of thioether (sulfide) groups is 1. The van der Waals surface area contributed by atoms with E-state index in [1.54, 1.807) is 12.3 Å². The Morgan fingerprint density at radius 1 is 1.19 bits per heavy atom. The van der Waals surface area contributed by atoms with Crippen molar-refractivity contribution in [2.45, 2.75) is 24.3 Å². The van der Waals surface area contributed by atoms with Gasteiger partial charge in [-0.25, -0.2) is 9.97 Å². The van der Waals surface area contributed by atoms with E-state index in [0.717, 1.165) is 11.1 Å². The number of hydrogen-bond donors (Lipinski definition) is 3. The van der Waals surface area contributed by atoms with Gasteiger partial charge in [0.25, 0.3) is 5.56 Å². The minimum atomic E-state index is -0.475. The number of hydrogen-bond acceptors (Lipinski definition) is 8. The highest BCUT2D eigenvalue weighted by molar-refractivity contribution is 7.99. The van der Waals surface area contributed by atoms with Gasteiger partial charge in [0.15, 0.2) is 5.13 Å². The maximum Gasteiger partial charge on any atom is 0.260 e. The van der Waals surface area contributed by atoms with E-state index in [0.29, 0.717) is 32.6 Å². The first-order valence-corrected chi connectivity index (χ1v) is 12.4. The van der Waals surface area contributed by atoms with E-state index in [1.165, 1.54) is 34.4 Å². The standard InChI is InChI=1S/C21H19N5O3S3/c1-11(18(28)26-21-23-13(8-32-21)7-15(22)27)30-10-16-24-19(29)17-14(9-31-20(17)25-16)12-5-3-2-4-6-12/h2-6,8-9,11H,7,10H2,1H3,(H2,22,27)(H,23,26,28)(H,24,25,29). The molecular weight excluding hydrogens is 466 g/mol. The predicted octanol–water partition coefficient (Wildman–Crippen LogP) is 3.40. The molecule has 1 aromatic carbocycles. The Bertz CT molecular complexity index is 1330. The molecule has 2 amide bonds. The fraction of sp³-hybridized carbons (Fsp3) is 0.190. The number of H-pyrrole nitrogens is 1. The van der Waals surface area contributed by atoms with Crippen LogP contribution in [-0.2, 0) is 21.8 Å². The molecule has 8 nitrogen and oxygen atoms in total. The van der Waals surface area contributed by atoms with Gasteiger partial charge in [-0.1, -0.05) is 30.3 Å². The van der Waals surface area contributed by atoms with E-state index < -0.39 is 11.2 Å². The minimum absolute atomic E-state index is 0.0346. The SMILES string of the molecule is CC(SCc1nc2scc(-c3ccccc3)c2c(=O)[nH]1)C(=O)Nc1nc(CC(N)=O)cs1. The zero-order valence-electron chi connectivity index (χ0n) is 17.0. The van der Waals surface area contributed by atoms with Gasteiger partial charge in [-0.05, 0) is 12.5 Å². The van der Waals surface area contributed by atoms with Crippen LogP contribution in [0.5, 0.6) is 0 Å². The van der Waals surface area contributed by atoms with Gasteiger partial charge in [-0.2, -0.15) is 0 Å². The number of benzene rings is 1. The number of amides is 2. The van der Waals surface area contributed by atoms with Crippen molar-refractivity contribution < 1.29 is 9.59 Å². The lowest BCUT2D eigenvalue weighted by atomic mass is 10.1. The summed E-state index contributed by atoms with van der Waals surface area (Å²) in [6.07, 6.45) is 0.0346. The van der Waals surface area contributed by atoms with Gasteiger partial charge < -0.3 is 16.0 Å². The van der Waals surface area contributed by atoms with Gasteiger partial charge in [0.2, 0.25) is 11.8 Å². The second-order valence-electron chi connectivity index (χ2n) is 6.94. The number of nitrogens with two attached hydrogens (primary N) is 1. The Morgan fingerprint density at radius 3 is 2.72 bits per heavy atom. The van der Waals surface area contributed by atoms with E-state index in [1.807, 2.05) is 35.7 Å². The molecule has 0 saturated heterocycles. The Balaban J connectivity index is 1.41. The quantitative estimate of drug-likeness (QED) is 0.351. The molecule has 0 aliphatic heterocycles. The number of nitrogens with zero attached hydrogens (tertiary/aromatic N) is 2. The number of aromatic nitrogens is 3. The monoisotopic (exact) mass is 485 g/mol. The average Bonchev–Trinajstić information content (AvgIpc) is 3.39. The maximum absolute atomic E-state index is 12.7. The van der Waals surface area contributed by atoms with Crippen LogP contribution in [0.3, 0.4) is 0 Å². The fourth-order valence-corrected chi connectivity index (χ4v) is 5.44. The summed E-state index contributed by atoms with van der Waals surface area (Å²) < 4.78 is 0. The number of nitrogens with one attached hydrogen (secondary N) is 2. The van der Waals surface area contributed by atoms with Crippen molar-refractivity contribution in [1.82, 2.24) is 15.0 Å². The Morgan fingerprint density at radius 2 is 1.97 bits per heavy atom. The first-order chi connectivity index (χ1) is 15.4. The molecule has 0 saturated carbocycles. The summed E-state index contributed by atoms with van der Waals surface area (Å²) in [5, 5.41) is 6.96. The number of carbonyl (C=O) groups excluding carboxylic acids is 2. The van der Waals surface area contributed by atoms with Crippen molar-refractivity contribution in [2.75, 3.05) is 5.32 Å². The third kappa shape index (κ3) is 5.06. The van der Waals surface area contributed by atoms with Crippen molar-refractivity contribution in [3.05, 3.63) is 63.0 Å². The lowest BCUT2D eigenvalue weighted by Crippen LogP contribution is -2.23. The number of aromatic amines is 1. The van der Waals surface area contributed by atoms with Gasteiger partial charge in [0.05, 0.1) is 28.5 Å². The highest BCUT2D eigenvalue weighted by Gasteiger charge is 2.18. The Kier molecular flexibility index (Phi) is 6.68. The molecule has 0 spiro atoms. The summed E-state index contributed by atoms with van der Waals surface area (Å²) in [5.74, 6) is 0.202. The Hall–Kier alpha value is -3.02. The van der Waals surface area contributed by atoms with Crippen molar-refractivity contribution >= 4 is 61.6 Å². The topological polar surface area (TPSA) is 131 Å². The lowest BCUT2D eigenvalue weighted by molar-refractivity contribution is -0.117. The molecule has 0 radical (unpaired) electrons. The smallest absolute Gasteiger partial charge is 0.260 e. The number of primary amides is 1. The van der Waals surface area contributed by atoms with Crippen LogP contribution in [-0.4, -0.2) is 32.0 Å². The van der Waals surface area contributed by atoms with Crippen molar-refractivity contribution in [1.29, 1.82) is 0 Å². The molecule has 0 aliphatic carbocycles. The van der Waals surface area contributed by atoms with Gasteiger partial charge >= 0.3 is 0 Å². The molecule has 0 bridgehead atoms. The molecule has 4 N–H and O–H groups in total. The molecule has 4 rings (SSSR count). The predicted molar refractivity (Wildman–Crippen MR) is 130 cm³/mol. The summed E-state index contributed by atoms with van der Waals surface area (Å²) in [5.41, 5.74) is 7.34. The zero-order valence-corrected chi connectivity index (χ0v) is 19.4. The summed E-state index contributed by atoms with van der Waals surface area (Å²) in [6.45, 7) is 1.77. The second-order valence-corrected chi connectivity index (χ2v) is 9.98. The summed E-state index contributed by atoms with van der Waals surface area (Å²) in [6, 6.07) is 9.72. The van der Waals surface area contributed by atoms with Crippen LogP contribution in [0.15, 0.2) is 45.9 Å². The van der Waals surface area contributed by atoms with E-state index in [9.17, 15) is 14.4 Å². The molecule has 11 heteroatoms. The van der Waals surface area contributed by atoms with E-state index in [4.69, 9.17) is 5.73 Å². The van der Waals surface area contributed by atoms with E-state index in [2.05, 4.69) is 20.3 Å². The second kappa shape index (κ2) is 9.63. The van der Waals surface area contributed by atoms with Crippen molar-refractivity contribution in [2.24, 2.45) is 5.73 Å². The van der Waals surface area contributed by atoms with E-state index in [-0.39, 0.29) is 17.9 Å². The van der Waals surface area contributed by atoms with Crippen LogP contribution in [0.4, 0.5) is 5.13 Å². The van der Waals surface area contributed by atoms with Crippen LogP contribution < -0.4 is 16.6 Å². The Labute approximate surface area is 195 Å². The number of thiophene rings is 1. The molecule has 3 aromatic heterocycles. The molecule has 32 heavy (non-hydrogen) atoms. The number of carbonyl (C=O) groups is 2. The third-order valence-electron chi connectivity index (χ3n) is 4.55. The van der Waals surface area contributed by atoms with Gasteiger partial charge in [-0.3, -0.25) is 14.4 Å². The van der Waals surface area contributed by atoms with Gasteiger partial charge in [-0.15, -0.1) is 34.4 Å².